The van der Waals surface area contributed by atoms with Crippen molar-refractivity contribution >= 4 is 11.9 Å². The lowest BCUT2D eigenvalue weighted by molar-refractivity contribution is -0.138. The standard InChI is InChI=1S/C16H20N2O3/c1-11(2)16(3,10-14(19)20)18-15(21)13-6-4-12(5-7-13)8-9-17/h4-7,11H,8,10H2,1-3H3,(H,18,21)(H,19,20). The van der Waals surface area contributed by atoms with Crippen LogP contribution in [0.1, 0.15) is 43.1 Å². The molecule has 0 spiro atoms. The summed E-state index contributed by atoms with van der Waals surface area (Å²) in [4.78, 5) is 23.2. The molecule has 5 heteroatoms. The number of aliphatic carboxylic acids is 1. The van der Waals surface area contributed by atoms with Gasteiger partial charge in [-0.15, -0.1) is 0 Å². The molecule has 0 aliphatic rings. The second-order valence-corrected chi connectivity index (χ2v) is 5.63. The predicted octanol–water partition coefficient (Wildman–Crippen LogP) is 2.37. The molecular formula is C16H20N2O3. The zero-order chi connectivity index (χ0) is 16.0. The highest BCUT2D eigenvalue weighted by Gasteiger charge is 2.33. The Morgan fingerprint density at radius 2 is 1.90 bits per heavy atom. The van der Waals surface area contributed by atoms with Gasteiger partial charge in [0.15, 0.2) is 0 Å². The SMILES string of the molecule is CC(C)C(C)(CC(=O)O)NC(=O)c1ccc(CC#N)cc1. The third kappa shape index (κ3) is 4.60. The number of carboxylic acids is 1. The fourth-order valence-electron chi connectivity index (χ4n) is 1.90. The van der Waals surface area contributed by atoms with Crippen molar-refractivity contribution in [3.05, 3.63) is 35.4 Å². The van der Waals surface area contributed by atoms with Crippen molar-refractivity contribution in [2.24, 2.45) is 5.92 Å². The van der Waals surface area contributed by atoms with Crippen LogP contribution in [0.3, 0.4) is 0 Å². The summed E-state index contributed by atoms with van der Waals surface area (Å²) in [6.07, 6.45) is 0.160. The summed E-state index contributed by atoms with van der Waals surface area (Å²) in [6.45, 7) is 5.48. The summed E-state index contributed by atoms with van der Waals surface area (Å²) in [5, 5.41) is 20.4. The van der Waals surface area contributed by atoms with Gasteiger partial charge in [0, 0.05) is 5.56 Å². The lowest BCUT2D eigenvalue weighted by Crippen LogP contribution is -2.51. The maximum absolute atomic E-state index is 12.2. The number of rotatable bonds is 6. The van der Waals surface area contributed by atoms with E-state index in [4.69, 9.17) is 10.4 Å². The summed E-state index contributed by atoms with van der Waals surface area (Å²) in [5.41, 5.74) is 0.481. The van der Waals surface area contributed by atoms with E-state index in [1.54, 1.807) is 31.2 Å². The normalized spacial score (nSPS) is 13.3. The first-order chi connectivity index (χ1) is 9.78. The van der Waals surface area contributed by atoms with Gasteiger partial charge in [0.2, 0.25) is 0 Å². The van der Waals surface area contributed by atoms with Gasteiger partial charge < -0.3 is 10.4 Å². The summed E-state index contributed by atoms with van der Waals surface area (Å²) in [5.74, 6) is -1.28. The van der Waals surface area contributed by atoms with E-state index in [1.807, 2.05) is 19.9 Å². The van der Waals surface area contributed by atoms with Crippen LogP contribution in [0.2, 0.25) is 0 Å². The van der Waals surface area contributed by atoms with Gasteiger partial charge in [-0.05, 0) is 30.5 Å². The van der Waals surface area contributed by atoms with Crippen molar-refractivity contribution in [3.8, 4) is 6.07 Å². The maximum atomic E-state index is 12.2. The third-order valence-electron chi connectivity index (χ3n) is 3.69. The molecule has 0 aromatic heterocycles. The first-order valence-corrected chi connectivity index (χ1v) is 6.78. The monoisotopic (exact) mass is 288 g/mol. The molecule has 1 aromatic carbocycles. The number of hydrogen-bond acceptors (Lipinski definition) is 3. The number of hydrogen-bond donors (Lipinski definition) is 2. The Balaban J connectivity index is 2.87. The van der Waals surface area contributed by atoms with E-state index in [-0.39, 0.29) is 18.2 Å². The van der Waals surface area contributed by atoms with Crippen LogP contribution < -0.4 is 5.32 Å². The molecule has 0 radical (unpaired) electrons. The Labute approximate surface area is 124 Å². The molecule has 1 aromatic rings. The largest absolute Gasteiger partial charge is 0.481 e. The molecule has 1 rings (SSSR count). The summed E-state index contributed by atoms with van der Waals surface area (Å²) < 4.78 is 0. The highest BCUT2D eigenvalue weighted by atomic mass is 16.4. The second-order valence-electron chi connectivity index (χ2n) is 5.63. The third-order valence-corrected chi connectivity index (χ3v) is 3.69. The molecular weight excluding hydrogens is 268 g/mol. The molecule has 0 aliphatic carbocycles. The topological polar surface area (TPSA) is 90.2 Å². The van der Waals surface area contributed by atoms with Crippen LogP contribution in [0.4, 0.5) is 0 Å². The van der Waals surface area contributed by atoms with Gasteiger partial charge in [-0.1, -0.05) is 26.0 Å². The lowest BCUT2D eigenvalue weighted by Gasteiger charge is -2.33. The van der Waals surface area contributed by atoms with Crippen molar-refractivity contribution in [2.45, 2.75) is 39.2 Å². The zero-order valence-corrected chi connectivity index (χ0v) is 12.5. The maximum Gasteiger partial charge on any atom is 0.305 e. The number of nitrogens with one attached hydrogen (secondary N) is 1. The van der Waals surface area contributed by atoms with Gasteiger partial charge in [-0.2, -0.15) is 5.26 Å². The van der Waals surface area contributed by atoms with Crippen LogP contribution in [0, 0.1) is 17.2 Å². The molecule has 0 saturated heterocycles. The average molecular weight is 288 g/mol. The van der Waals surface area contributed by atoms with E-state index in [1.165, 1.54) is 0 Å². The van der Waals surface area contributed by atoms with Crippen molar-refractivity contribution < 1.29 is 14.7 Å². The highest BCUT2D eigenvalue weighted by Crippen LogP contribution is 2.21. The van der Waals surface area contributed by atoms with Crippen LogP contribution >= 0.6 is 0 Å². The van der Waals surface area contributed by atoms with E-state index < -0.39 is 11.5 Å². The Morgan fingerprint density at radius 3 is 2.33 bits per heavy atom. The van der Waals surface area contributed by atoms with E-state index in [2.05, 4.69) is 5.32 Å². The minimum atomic E-state index is -0.948. The van der Waals surface area contributed by atoms with Crippen LogP contribution in [0.5, 0.6) is 0 Å². The van der Waals surface area contributed by atoms with E-state index in [9.17, 15) is 9.59 Å². The van der Waals surface area contributed by atoms with Crippen LogP contribution in [0.15, 0.2) is 24.3 Å². The molecule has 2 N–H and O–H groups in total. The smallest absolute Gasteiger partial charge is 0.305 e. The zero-order valence-electron chi connectivity index (χ0n) is 12.5. The highest BCUT2D eigenvalue weighted by molar-refractivity contribution is 5.95. The van der Waals surface area contributed by atoms with Gasteiger partial charge in [0.05, 0.1) is 24.4 Å². The average Bonchev–Trinajstić information content (AvgIpc) is 2.38. The molecule has 0 bridgehead atoms. The molecule has 1 amide bonds. The van der Waals surface area contributed by atoms with E-state index in [0.717, 1.165) is 5.56 Å². The summed E-state index contributed by atoms with van der Waals surface area (Å²) >= 11 is 0. The van der Waals surface area contributed by atoms with Crippen molar-refractivity contribution in [2.75, 3.05) is 0 Å². The molecule has 5 nitrogen and oxygen atoms in total. The fourth-order valence-corrected chi connectivity index (χ4v) is 1.90. The van der Waals surface area contributed by atoms with Crippen molar-refractivity contribution in [1.29, 1.82) is 5.26 Å². The van der Waals surface area contributed by atoms with Crippen LogP contribution in [-0.2, 0) is 11.2 Å². The molecule has 1 unspecified atom stereocenters. The Hall–Kier alpha value is -2.35. The van der Waals surface area contributed by atoms with Gasteiger partial charge in [0.25, 0.3) is 5.91 Å². The number of carbonyl (C=O) groups is 2. The molecule has 0 heterocycles. The summed E-state index contributed by atoms with van der Waals surface area (Å²) in [7, 11) is 0. The Kier molecular flexibility index (Phi) is 5.48. The summed E-state index contributed by atoms with van der Waals surface area (Å²) in [6, 6.07) is 8.77. The minimum Gasteiger partial charge on any atom is -0.481 e. The first kappa shape index (κ1) is 16.7. The molecule has 112 valence electrons. The molecule has 0 saturated carbocycles. The van der Waals surface area contributed by atoms with E-state index in [0.29, 0.717) is 12.0 Å². The van der Waals surface area contributed by atoms with Gasteiger partial charge >= 0.3 is 5.97 Å². The van der Waals surface area contributed by atoms with Gasteiger partial charge in [-0.3, -0.25) is 9.59 Å². The molecule has 1 atom stereocenters. The Bertz CT molecular complexity index is 558. The first-order valence-electron chi connectivity index (χ1n) is 6.78. The quantitative estimate of drug-likeness (QED) is 0.840. The number of carboxylic acid groups (broad SMARTS) is 1. The fraction of sp³-hybridized carbons (Fsp3) is 0.438. The van der Waals surface area contributed by atoms with Crippen LogP contribution in [-0.4, -0.2) is 22.5 Å². The van der Waals surface area contributed by atoms with Crippen LogP contribution in [0.25, 0.3) is 0 Å². The van der Waals surface area contributed by atoms with Crippen molar-refractivity contribution in [1.82, 2.24) is 5.32 Å². The molecule has 0 aliphatic heterocycles. The number of benzene rings is 1. The number of nitrogens with zero attached hydrogens (tertiary/aromatic N) is 1. The van der Waals surface area contributed by atoms with Gasteiger partial charge in [0.1, 0.15) is 0 Å². The van der Waals surface area contributed by atoms with Gasteiger partial charge in [-0.25, -0.2) is 0 Å². The predicted molar refractivity (Wildman–Crippen MR) is 78.7 cm³/mol. The second kappa shape index (κ2) is 6.89. The molecule has 21 heavy (non-hydrogen) atoms. The minimum absolute atomic E-state index is 0.0181. The van der Waals surface area contributed by atoms with E-state index >= 15 is 0 Å². The number of nitriles is 1. The molecule has 0 fully saturated rings. The Morgan fingerprint density at radius 1 is 1.33 bits per heavy atom. The lowest BCUT2D eigenvalue weighted by atomic mass is 9.85. The number of amides is 1. The number of carbonyl (C=O) groups excluding carboxylic acids is 1. The van der Waals surface area contributed by atoms with Crippen molar-refractivity contribution in [3.63, 3.8) is 0 Å².